The molecule has 0 bridgehead atoms. The van der Waals surface area contributed by atoms with Crippen LogP contribution < -0.4 is 4.74 Å². The quantitative estimate of drug-likeness (QED) is 0.732. The maximum atomic E-state index is 13.5. The maximum absolute atomic E-state index is 13.5. The molecule has 0 radical (unpaired) electrons. The lowest BCUT2D eigenvalue weighted by Crippen LogP contribution is -2.47. The number of halogens is 1. The third-order valence-electron chi connectivity index (χ3n) is 5.27. The summed E-state index contributed by atoms with van der Waals surface area (Å²) in [5, 5.41) is 0. The molecule has 1 saturated heterocycles. The van der Waals surface area contributed by atoms with Crippen LogP contribution in [0, 0.1) is 12.7 Å². The van der Waals surface area contributed by atoms with Gasteiger partial charge in [0.15, 0.2) is 0 Å². The topological polar surface area (TPSA) is 76.1 Å². The van der Waals surface area contributed by atoms with Gasteiger partial charge in [0.2, 0.25) is 0 Å². The number of aryl methyl sites for hydroxylation is 1. The second-order valence-electron chi connectivity index (χ2n) is 7.50. The summed E-state index contributed by atoms with van der Waals surface area (Å²) in [6.07, 6.45) is 2.00. The van der Waals surface area contributed by atoms with E-state index in [0.717, 1.165) is 42.8 Å². The third-order valence-corrected chi connectivity index (χ3v) is 6.14. The molecule has 2 heterocycles. The van der Waals surface area contributed by atoms with Crippen molar-refractivity contribution in [2.24, 2.45) is 0 Å². The van der Waals surface area contributed by atoms with Gasteiger partial charge in [-0.05, 0) is 56.6 Å². The molecule has 0 unspecified atom stereocenters. The number of ether oxygens (including phenoxy) is 2. The average Bonchev–Trinajstić information content (AvgIpc) is 2.88. The van der Waals surface area contributed by atoms with Crippen LogP contribution in [0.5, 0.6) is 5.75 Å². The molecule has 2 aromatic carbocycles. The first-order valence-corrected chi connectivity index (χ1v) is 11.6. The largest absolute Gasteiger partial charge is 0.493 e. The van der Waals surface area contributed by atoms with Crippen molar-refractivity contribution in [1.29, 1.82) is 0 Å². The fourth-order valence-electron chi connectivity index (χ4n) is 3.83. The smallest absolute Gasteiger partial charge is 0.294 e. The van der Waals surface area contributed by atoms with Gasteiger partial charge >= 0.3 is 0 Å². The molecule has 2 aromatic rings. The molecule has 2 aliphatic rings. The molecule has 0 amide bonds. The Bertz CT molecular complexity index is 947. The van der Waals surface area contributed by atoms with E-state index in [2.05, 4.69) is 11.8 Å². The number of hydrogen-bond acceptors (Lipinski definition) is 5. The maximum Gasteiger partial charge on any atom is 0.294 e. The van der Waals surface area contributed by atoms with Crippen LogP contribution in [0.1, 0.15) is 37.0 Å². The number of rotatable bonds is 3. The lowest BCUT2D eigenvalue weighted by molar-refractivity contribution is -0.0742. The molecule has 0 saturated carbocycles. The SMILES string of the molecule is CCCN1CCO[C@H]2c3cc(F)ccc3OCC[C@@H]21.Cc1ccc(S(=O)(=O)O)cc1. The molecular formula is C22H28FNO5S. The van der Waals surface area contributed by atoms with E-state index in [1.807, 2.05) is 6.92 Å². The second kappa shape index (κ2) is 9.87. The fourth-order valence-corrected chi connectivity index (χ4v) is 4.31. The van der Waals surface area contributed by atoms with Gasteiger partial charge in [0.05, 0.1) is 18.1 Å². The zero-order valence-electron chi connectivity index (χ0n) is 17.3. The highest BCUT2D eigenvalue weighted by Gasteiger charge is 2.36. The standard InChI is InChI=1S/C15H20FNO2.C7H8O3S/c1-2-6-17-7-9-19-15-12-10-11(16)3-4-14(12)18-8-5-13(15)17;1-6-2-4-7(5-3-6)11(8,9)10/h3-4,10,13,15H,2,5-9H2,1H3;2-5H,1H3,(H,8,9,10)/t13-,15-;/m0./s1. The predicted octanol–water partition coefficient (Wildman–Crippen LogP) is 4.00. The van der Waals surface area contributed by atoms with E-state index in [1.54, 1.807) is 24.3 Å². The van der Waals surface area contributed by atoms with Crippen LogP contribution in [0.2, 0.25) is 0 Å². The molecule has 0 spiro atoms. The van der Waals surface area contributed by atoms with Crippen molar-refractivity contribution in [3.63, 3.8) is 0 Å². The second-order valence-corrected chi connectivity index (χ2v) is 8.92. The molecule has 0 aliphatic carbocycles. The molecule has 6 nitrogen and oxygen atoms in total. The van der Waals surface area contributed by atoms with E-state index in [1.165, 1.54) is 18.2 Å². The van der Waals surface area contributed by atoms with Crippen LogP contribution in [0.25, 0.3) is 0 Å². The van der Waals surface area contributed by atoms with Gasteiger partial charge in [-0.2, -0.15) is 8.42 Å². The molecular weight excluding hydrogens is 409 g/mol. The van der Waals surface area contributed by atoms with Gasteiger partial charge in [0.1, 0.15) is 17.7 Å². The van der Waals surface area contributed by atoms with E-state index >= 15 is 0 Å². The zero-order chi connectivity index (χ0) is 21.7. The number of hydrogen-bond donors (Lipinski definition) is 1. The van der Waals surface area contributed by atoms with Gasteiger partial charge in [0, 0.05) is 18.2 Å². The number of morpholine rings is 1. The van der Waals surface area contributed by atoms with Gasteiger partial charge < -0.3 is 9.47 Å². The van der Waals surface area contributed by atoms with E-state index in [9.17, 15) is 12.8 Å². The highest BCUT2D eigenvalue weighted by Crippen LogP contribution is 2.38. The van der Waals surface area contributed by atoms with Crippen LogP contribution in [-0.4, -0.2) is 50.2 Å². The van der Waals surface area contributed by atoms with Gasteiger partial charge in [-0.15, -0.1) is 0 Å². The summed E-state index contributed by atoms with van der Waals surface area (Å²) < 4.78 is 54.7. The molecule has 30 heavy (non-hydrogen) atoms. The summed E-state index contributed by atoms with van der Waals surface area (Å²) in [4.78, 5) is 2.39. The van der Waals surface area contributed by atoms with Crippen molar-refractivity contribution < 1.29 is 26.8 Å². The minimum atomic E-state index is -4.02. The molecule has 0 aromatic heterocycles. The first-order valence-electron chi connectivity index (χ1n) is 10.1. The minimum absolute atomic E-state index is 0.0616. The lowest BCUT2D eigenvalue weighted by atomic mass is 9.97. The Morgan fingerprint density at radius 1 is 1.17 bits per heavy atom. The molecule has 2 atom stereocenters. The fraction of sp³-hybridized carbons (Fsp3) is 0.455. The highest BCUT2D eigenvalue weighted by molar-refractivity contribution is 7.85. The molecule has 1 N–H and O–H groups in total. The lowest BCUT2D eigenvalue weighted by Gasteiger charge is -2.40. The van der Waals surface area contributed by atoms with E-state index in [-0.39, 0.29) is 16.8 Å². The Balaban J connectivity index is 0.000000199. The average molecular weight is 438 g/mol. The highest BCUT2D eigenvalue weighted by atomic mass is 32.2. The van der Waals surface area contributed by atoms with Crippen molar-refractivity contribution in [2.45, 2.75) is 43.7 Å². The summed E-state index contributed by atoms with van der Waals surface area (Å²) in [6.45, 7) is 7.42. The van der Waals surface area contributed by atoms with Crippen molar-refractivity contribution in [2.75, 3.05) is 26.3 Å². The van der Waals surface area contributed by atoms with Gasteiger partial charge in [-0.3, -0.25) is 9.45 Å². The Labute approximate surface area is 177 Å². The Kier molecular flexibility index (Phi) is 7.46. The van der Waals surface area contributed by atoms with Crippen molar-refractivity contribution in [1.82, 2.24) is 4.90 Å². The summed E-state index contributed by atoms with van der Waals surface area (Å²) in [5.41, 5.74) is 1.82. The van der Waals surface area contributed by atoms with Crippen LogP contribution in [0.15, 0.2) is 47.4 Å². The van der Waals surface area contributed by atoms with E-state index < -0.39 is 10.1 Å². The summed E-state index contributed by atoms with van der Waals surface area (Å²) in [5.74, 6) is 0.548. The minimum Gasteiger partial charge on any atom is -0.493 e. The Morgan fingerprint density at radius 3 is 2.57 bits per heavy atom. The van der Waals surface area contributed by atoms with Crippen LogP contribution >= 0.6 is 0 Å². The van der Waals surface area contributed by atoms with Crippen molar-refractivity contribution >= 4 is 10.1 Å². The van der Waals surface area contributed by atoms with Gasteiger partial charge in [-0.25, -0.2) is 4.39 Å². The number of fused-ring (bicyclic) bond motifs is 3. The van der Waals surface area contributed by atoms with Gasteiger partial charge in [0.25, 0.3) is 10.1 Å². The van der Waals surface area contributed by atoms with Crippen molar-refractivity contribution in [3.8, 4) is 5.75 Å². The first-order chi connectivity index (χ1) is 14.3. The normalized spacial score (nSPS) is 21.3. The van der Waals surface area contributed by atoms with Crippen molar-refractivity contribution in [3.05, 3.63) is 59.4 Å². The summed E-state index contributed by atoms with van der Waals surface area (Å²) in [6, 6.07) is 11.0. The predicted molar refractivity (Wildman–Crippen MR) is 112 cm³/mol. The number of benzene rings is 2. The van der Waals surface area contributed by atoms with Crippen LogP contribution in [-0.2, 0) is 14.9 Å². The monoisotopic (exact) mass is 437 g/mol. The molecule has 8 heteroatoms. The molecule has 4 rings (SSSR count). The zero-order valence-corrected chi connectivity index (χ0v) is 18.1. The van der Waals surface area contributed by atoms with E-state index in [0.29, 0.717) is 19.3 Å². The Morgan fingerprint density at radius 2 is 1.90 bits per heavy atom. The summed E-state index contributed by atoms with van der Waals surface area (Å²) in [7, 11) is -4.02. The van der Waals surface area contributed by atoms with Crippen LogP contribution in [0.3, 0.4) is 0 Å². The van der Waals surface area contributed by atoms with E-state index in [4.69, 9.17) is 14.0 Å². The molecule has 2 aliphatic heterocycles. The number of nitrogens with zero attached hydrogens (tertiary/aromatic N) is 1. The Hall–Kier alpha value is -2.00. The van der Waals surface area contributed by atoms with Gasteiger partial charge in [-0.1, -0.05) is 24.6 Å². The third kappa shape index (κ3) is 5.57. The molecule has 1 fully saturated rings. The van der Waals surface area contributed by atoms with Crippen LogP contribution in [0.4, 0.5) is 4.39 Å². The first kappa shape index (κ1) is 22.7. The molecule has 164 valence electrons. The summed E-state index contributed by atoms with van der Waals surface area (Å²) >= 11 is 0.